The molecule has 8 aromatic carbocycles. The monoisotopic (exact) mass is 587 g/mol. The van der Waals surface area contributed by atoms with Crippen LogP contribution in [0.4, 0.5) is 0 Å². The van der Waals surface area contributed by atoms with Crippen LogP contribution in [0.2, 0.25) is 0 Å². The van der Waals surface area contributed by atoms with Crippen molar-refractivity contribution in [3.63, 3.8) is 0 Å². The van der Waals surface area contributed by atoms with Gasteiger partial charge in [-0.2, -0.15) is 0 Å². The van der Waals surface area contributed by atoms with Gasteiger partial charge in [-0.05, 0) is 84.2 Å². The Kier molecular flexibility index (Phi) is 3.39. The molecule has 0 aliphatic heterocycles. The van der Waals surface area contributed by atoms with Crippen LogP contribution in [0, 0.1) is 0 Å². The highest BCUT2D eigenvalue weighted by Crippen LogP contribution is 2.46. The second-order valence-corrected chi connectivity index (χ2v) is 10.5. The van der Waals surface area contributed by atoms with E-state index < -0.39 is 72.0 Å². The van der Waals surface area contributed by atoms with E-state index in [1.807, 2.05) is 0 Å². The number of rotatable bonds is 4. The molecule has 0 saturated carbocycles. The van der Waals surface area contributed by atoms with E-state index in [-0.39, 0.29) is 73.9 Å². The highest BCUT2D eigenvalue weighted by Gasteiger charge is 2.20. The summed E-state index contributed by atoms with van der Waals surface area (Å²) in [5.74, 6) is 0. The molecule has 9 aromatic rings. The van der Waals surface area contributed by atoms with Crippen LogP contribution < -0.4 is 0 Å². The molecular weight excluding hydrogens is 544 g/mol. The SMILES string of the molecule is [2H]c1c([2H])c([2H])c(-c2c([2H])c(-c3c4ccccc4c(-c4c([2H])c([2H])c(-c5ccccc5)c([2H])c4[2H])c4ccccc34)c([2H])c3oc4c([2H])c([2H])c([2H])c([2H])c4c23)c([2H])c1[2H]. The molecule has 1 heterocycles. The Labute approximate surface area is 282 Å². The molecule has 0 unspecified atom stereocenters. The van der Waals surface area contributed by atoms with Crippen molar-refractivity contribution in [2.75, 3.05) is 0 Å². The summed E-state index contributed by atoms with van der Waals surface area (Å²) in [6.45, 7) is 0. The second-order valence-electron chi connectivity index (χ2n) is 10.5. The summed E-state index contributed by atoms with van der Waals surface area (Å²) >= 11 is 0. The third kappa shape index (κ3) is 4.17. The van der Waals surface area contributed by atoms with Crippen molar-refractivity contribution in [1.82, 2.24) is 0 Å². The lowest BCUT2D eigenvalue weighted by Gasteiger charge is -2.18. The molecule has 0 N–H and O–H groups in total. The first-order valence-electron chi connectivity index (χ1n) is 21.7. The van der Waals surface area contributed by atoms with Gasteiger partial charge in [0.05, 0.1) is 20.6 Å². The molecule has 1 heteroatoms. The van der Waals surface area contributed by atoms with Gasteiger partial charge >= 0.3 is 0 Å². The third-order valence-electron chi connectivity index (χ3n) is 7.94. The van der Waals surface area contributed by atoms with Crippen LogP contribution in [0.3, 0.4) is 0 Å². The molecule has 9 rings (SSSR count). The van der Waals surface area contributed by atoms with Crippen molar-refractivity contribution in [1.29, 1.82) is 0 Å². The molecule has 1 nitrogen and oxygen atoms in total. The van der Waals surface area contributed by atoms with Gasteiger partial charge in [-0.3, -0.25) is 0 Å². The van der Waals surface area contributed by atoms with Gasteiger partial charge in [0, 0.05) is 10.8 Å². The zero-order chi connectivity index (χ0) is 42.8. The largest absolute Gasteiger partial charge is 0.456 e. The van der Waals surface area contributed by atoms with Crippen LogP contribution in [0.1, 0.15) is 20.6 Å². The van der Waals surface area contributed by atoms with Gasteiger partial charge < -0.3 is 4.42 Å². The van der Waals surface area contributed by atoms with Gasteiger partial charge in [-0.25, -0.2) is 0 Å². The Morgan fingerprint density at radius 1 is 0.378 bits per heavy atom. The normalized spacial score (nSPS) is 16.2. The number of furan rings is 1. The molecule has 1 aromatic heterocycles. The number of hydrogen-bond donors (Lipinski definition) is 0. The number of para-hydroxylation sites is 1. The summed E-state index contributed by atoms with van der Waals surface area (Å²) in [4.78, 5) is 0. The lowest BCUT2D eigenvalue weighted by atomic mass is 9.84. The molecule has 0 bridgehead atoms. The Hall–Kier alpha value is -5.92. The minimum Gasteiger partial charge on any atom is -0.456 e. The fourth-order valence-corrected chi connectivity index (χ4v) is 6.02. The van der Waals surface area contributed by atoms with Gasteiger partial charge in [0.1, 0.15) is 11.2 Å². The van der Waals surface area contributed by atoms with Gasteiger partial charge in [-0.1, -0.05) is 151 Å². The van der Waals surface area contributed by atoms with Crippen molar-refractivity contribution < 1.29 is 25.0 Å². The molecule has 0 amide bonds. The Morgan fingerprint density at radius 3 is 1.60 bits per heavy atom. The highest BCUT2D eigenvalue weighted by molar-refractivity contribution is 6.23. The number of benzene rings is 8. The van der Waals surface area contributed by atoms with Crippen molar-refractivity contribution >= 4 is 43.5 Å². The molecule has 0 saturated heterocycles. The molecule has 0 fully saturated rings. The average Bonchev–Trinajstić information content (AvgIpc) is 3.66. The van der Waals surface area contributed by atoms with Crippen molar-refractivity contribution in [2.45, 2.75) is 0 Å². The zero-order valence-electron chi connectivity index (χ0n) is 38.4. The van der Waals surface area contributed by atoms with E-state index in [2.05, 4.69) is 0 Å². The summed E-state index contributed by atoms with van der Waals surface area (Å²) in [5.41, 5.74) is -0.192. The number of hydrogen-bond acceptors (Lipinski definition) is 1. The van der Waals surface area contributed by atoms with Crippen molar-refractivity contribution in [3.8, 4) is 44.5 Å². The maximum atomic E-state index is 9.97. The molecule has 0 aliphatic carbocycles. The summed E-state index contributed by atoms with van der Waals surface area (Å²) in [6.07, 6.45) is 0. The summed E-state index contributed by atoms with van der Waals surface area (Å²) in [6, 6.07) is 14.7. The summed E-state index contributed by atoms with van der Waals surface area (Å²) in [7, 11) is 0. The minimum absolute atomic E-state index is 0.0247. The maximum absolute atomic E-state index is 9.97. The van der Waals surface area contributed by atoms with E-state index in [1.165, 1.54) is 0 Å². The topological polar surface area (TPSA) is 13.1 Å². The molecule has 210 valence electrons. The van der Waals surface area contributed by atoms with Crippen molar-refractivity contribution in [2.24, 2.45) is 0 Å². The van der Waals surface area contributed by atoms with Gasteiger partial charge in [0.15, 0.2) is 0 Å². The maximum Gasteiger partial charge on any atom is 0.136 e. The van der Waals surface area contributed by atoms with Crippen LogP contribution in [0.5, 0.6) is 0 Å². The van der Waals surface area contributed by atoms with Gasteiger partial charge in [0.2, 0.25) is 0 Å². The Morgan fingerprint density at radius 2 is 0.933 bits per heavy atom. The van der Waals surface area contributed by atoms with E-state index in [1.54, 1.807) is 78.9 Å². The Balaban J connectivity index is 1.49. The summed E-state index contributed by atoms with van der Waals surface area (Å²) < 4.78 is 140. The lowest BCUT2D eigenvalue weighted by molar-refractivity contribution is 0.669. The quantitative estimate of drug-likeness (QED) is 0.187. The van der Waals surface area contributed by atoms with E-state index in [0.29, 0.717) is 32.7 Å². The van der Waals surface area contributed by atoms with E-state index in [9.17, 15) is 5.48 Å². The molecule has 0 atom stereocenters. The number of fused-ring (bicyclic) bond motifs is 5. The lowest BCUT2D eigenvalue weighted by Crippen LogP contribution is -1.92. The standard InChI is InChI=1S/C44H28O/c1-3-13-29(14-4-1)30-23-25-32(26-24-30)42-34-17-7-9-19-36(34)43(37-20-10-8-18-35(37)42)33-27-39(31-15-5-2-6-16-31)44-38-21-11-12-22-40(38)45-41(44)28-33/h1-28H/i2D,5D,6D,11D,12D,15D,16D,21D,22D,23D,24D,25D,26D,27D,28D. The first kappa shape index (κ1) is 14.7. The predicted molar refractivity (Wildman–Crippen MR) is 190 cm³/mol. The van der Waals surface area contributed by atoms with Crippen LogP contribution in [0.15, 0.2) is 174 Å². The van der Waals surface area contributed by atoms with Crippen LogP contribution >= 0.6 is 0 Å². The smallest absolute Gasteiger partial charge is 0.136 e. The fourth-order valence-electron chi connectivity index (χ4n) is 6.02. The van der Waals surface area contributed by atoms with Crippen LogP contribution in [-0.2, 0) is 0 Å². The molecular formula is C44H28O. The second kappa shape index (κ2) is 10.4. The predicted octanol–water partition coefficient (Wildman–Crippen LogP) is 12.6. The first-order valence-corrected chi connectivity index (χ1v) is 14.2. The molecule has 0 spiro atoms. The van der Waals surface area contributed by atoms with Crippen LogP contribution in [-0.4, -0.2) is 0 Å². The van der Waals surface area contributed by atoms with E-state index in [4.69, 9.17) is 19.5 Å². The summed E-state index contributed by atoms with van der Waals surface area (Å²) in [5, 5.41) is 1.27. The average molecular weight is 588 g/mol. The highest BCUT2D eigenvalue weighted by atomic mass is 16.3. The first-order chi connectivity index (χ1) is 28.6. The molecule has 0 aliphatic rings. The van der Waals surface area contributed by atoms with Crippen molar-refractivity contribution in [3.05, 3.63) is 169 Å². The Bertz CT molecular complexity index is 3260. The van der Waals surface area contributed by atoms with Gasteiger partial charge in [0.25, 0.3) is 0 Å². The van der Waals surface area contributed by atoms with E-state index >= 15 is 0 Å². The third-order valence-corrected chi connectivity index (χ3v) is 7.94. The fraction of sp³-hybridized carbons (Fsp3) is 0. The van der Waals surface area contributed by atoms with Crippen LogP contribution in [0.25, 0.3) is 88.0 Å². The molecule has 0 radical (unpaired) electrons. The van der Waals surface area contributed by atoms with Gasteiger partial charge in [-0.15, -0.1) is 0 Å². The molecule has 45 heavy (non-hydrogen) atoms. The minimum atomic E-state index is -0.705. The zero-order valence-corrected chi connectivity index (χ0v) is 23.4. The van der Waals surface area contributed by atoms with E-state index in [0.717, 1.165) is 0 Å².